The monoisotopic (exact) mass is 596 g/mol. The Kier molecular flexibility index (Phi) is 9.41. The molecule has 0 fully saturated rings. The van der Waals surface area contributed by atoms with Gasteiger partial charge in [-0.05, 0) is 70.1 Å². The lowest BCUT2D eigenvalue weighted by atomic mass is 10.0. The minimum Gasteiger partial charge on any atom is -0.484 e. The standard InChI is InChI=1S/C25H23Cl2IN2O3/c1-29-25(32)23(14-17-5-3-2-4-6-17)30(15-18-7-12-21(26)22(27)13-18)24(31)16-33-20-10-8-19(28)9-11-20/h2-13,23H,14-16H2,1H3,(H,29,32). The Morgan fingerprint density at radius 1 is 0.970 bits per heavy atom. The number of hydrogen-bond acceptors (Lipinski definition) is 3. The van der Waals surface area contributed by atoms with Crippen molar-refractivity contribution in [3.63, 3.8) is 0 Å². The van der Waals surface area contributed by atoms with Gasteiger partial charge in [-0.2, -0.15) is 0 Å². The highest BCUT2D eigenvalue weighted by atomic mass is 127. The van der Waals surface area contributed by atoms with Crippen LogP contribution >= 0.6 is 45.8 Å². The van der Waals surface area contributed by atoms with Crippen molar-refractivity contribution in [3.05, 3.63) is 97.5 Å². The van der Waals surface area contributed by atoms with Crippen LogP contribution in [0, 0.1) is 3.57 Å². The van der Waals surface area contributed by atoms with Crippen LogP contribution in [-0.2, 0) is 22.6 Å². The van der Waals surface area contributed by atoms with Gasteiger partial charge in [0.25, 0.3) is 5.91 Å². The summed E-state index contributed by atoms with van der Waals surface area (Å²) in [4.78, 5) is 27.8. The molecule has 0 radical (unpaired) electrons. The SMILES string of the molecule is CNC(=O)C(Cc1ccccc1)N(Cc1ccc(Cl)c(Cl)c1)C(=O)COc1ccc(I)cc1. The fourth-order valence-electron chi connectivity index (χ4n) is 3.31. The zero-order chi connectivity index (χ0) is 23.8. The highest BCUT2D eigenvalue weighted by molar-refractivity contribution is 14.1. The molecule has 0 bridgehead atoms. The molecule has 3 rings (SSSR count). The van der Waals surface area contributed by atoms with Crippen LogP contribution < -0.4 is 10.1 Å². The molecule has 0 aliphatic heterocycles. The quantitative estimate of drug-likeness (QED) is 0.338. The molecule has 0 aliphatic carbocycles. The second-order valence-corrected chi connectivity index (χ2v) is 9.39. The number of rotatable bonds is 9. The molecule has 1 N–H and O–H groups in total. The molecule has 5 nitrogen and oxygen atoms in total. The number of likely N-dealkylation sites (N-methyl/N-ethyl adjacent to an activating group) is 1. The summed E-state index contributed by atoms with van der Waals surface area (Å²) in [5, 5.41) is 3.49. The maximum atomic E-state index is 13.4. The van der Waals surface area contributed by atoms with Gasteiger partial charge < -0.3 is 15.0 Å². The molecule has 0 aromatic heterocycles. The molecule has 0 saturated heterocycles. The van der Waals surface area contributed by atoms with E-state index in [0.717, 1.165) is 14.7 Å². The molecule has 8 heteroatoms. The molecule has 3 aromatic rings. The highest BCUT2D eigenvalue weighted by Gasteiger charge is 2.30. The van der Waals surface area contributed by atoms with Crippen LogP contribution in [0.2, 0.25) is 10.0 Å². The first-order valence-corrected chi connectivity index (χ1v) is 12.1. The number of halogens is 3. The molecule has 0 spiro atoms. The van der Waals surface area contributed by atoms with E-state index >= 15 is 0 Å². The van der Waals surface area contributed by atoms with Gasteiger partial charge in [-0.15, -0.1) is 0 Å². The zero-order valence-corrected chi connectivity index (χ0v) is 21.6. The molecular formula is C25H23Cl2IN2O3. The number of hydrogen-bond donors (Lipinski definition) is 1. The van der Waals surface area contributed by atoms with E-state index in [1.165, 1.54) is 4.90 Å². The number of nitrogens with one attached hydrogen (secondary N) is 1. The minimum absolute atomic E-state index is 0.177. The summed E-state index contributed by atoms with van der Waals surface area (Å²) < 4.78 is 6.79. The first-order valence-electron chi connectivity index (χ1n) is 10.2. The average Bonchev–Trinajstić information content (AvgIpc) is 2.83. The Balaban J connectivity index is 1.88. The minimum atomic E-state index is -0.736. The summed E-state index contributed by atoms with van der Waals surface area (Å²) in [5.41, 5.74) is 1.70. The topological polar surface area (TPSA) is 58.6 Å². The lowest BCUT2D eigenvalue weighted by Gasteiger charge is -2.31. The molecule has 33 heavy (non-hydrogen) atoms. The Morgan fingerprint density at radius 2 is 1.67 bits per heavy atom. The molecule has 3 aromatic carbocycles. The van der Waals surface area contributed by atoms with Crippen LogP contribution in [0.5, 0.6) is 5.75 Å². The van der Waals surface area contributed by atoms with E-state index in [1.54, 1.807) is 37.4 Å². The third kappa shape index (κ3) is 7.35. The van der Waals surface area contributed by atoms with E-state index < -0.39 is 6.04 Å². The van der Waals surface area contributed by atoms with Crippen molar-refractivity contribution in [2.45, 2.75) is 19.0 Å². The van der Waals surface area contributed by atoms with Crippen LogP contribution in [0.4, 0.5) is 0 Å². The largest absolute Gasteiger partial charge is 0.484 e. The number of amides is 2. The summed E-state index contributed by atoms with van der Waals surface area (Å²) >= 11 is 14.4. The maximum absolute atomic E-state index is 13.4. The second kappa shape index (κ2) is 12.3. The molecule has 172 valence electrons. The summed E-state index contributed by atoms with van der Waals surface area (Å²) in [6.45, 7) is -0.0269. The zero-order valence-electron chi connectivity index (χ0n) is 17.9. The molecule has 1 atom stereocenters. The summed E-state index contributed by atoms with van der Waals surface area (Å²) in [7, 11) is 1.56. The van der Waals surface area contributed by atoms with Gasteiger partial charge >= 0.3 is 0 Å². The number of nitrogens with zero attached hydrogens (tertiary/aromatic N) is 1. The first-order chi connectivity index (χ1) is 15.9. The molecule has 0 saturated carbocycles. The van der Waals surface area contributed by atoms with Gasteiger partial charge in [0.2, 0.25) is 5.91 Å². The van der Waals surface area contributed by atoms with Gasteiger partial charge in [-0.25, -0.2) is 0 Å². The Morgan fingerprint density at radius 3 is 2.30 bits per heavy atom. The Bertz CT molecular complexity index is 1090. The second-order valence-electron chi connectivity index (χ2n) is 7.33. The summed E-state index contributed by atoms with van der Waals surface area (Å²) in [6, 6.07) is 21.4. The number of carbonyl (C=O) groups excluding carboxylic acids is 2. The van der Waals surface area contributed by atoms with E-state index in [9.17, 15) is 9.59 Å². The van der Waals surface area contributed by atoms with Gasteiger partial charge in [-0.1, -0.05) is 59.6 Å². The van der Waals surface area contributed by atoms with Gasteiger partial charge in [-0.3, -0.25) is 9.59 Å². The van der Waals surface area contributed by atoms with Gasteiger partial charge in [0.05, 0.1) is 10.0 Å². The van der Waals surface area contributed by atoms with E-state index in [0.29, 0.717) is 22.2 Å². The third-order valence-electron chi connectivity index (χ3n) is 5.03. The van der Waals surface area contributed by atoms with E-state index in [4.69, 9.17) is 27.9 Å². The molecule has 0 aliphatic rings. The summed E-state index contributed by atoms with van der Waals surface area (Å²) in [6.07, 6.45) is 0.358. The predicted octanol–water partition coefficient (Wildman–Crippen LogP) is 5.36. The van der Waals surface area contributed by atoms with Gasteiger partial charge in [0, 0.05) is 23.6 Å². The van der Waals surface area contributed by atoms with Crippen molar-refractivity contribution in [1.82, 2.24) is 10.2 Å². The van der Waals surface area contributed by atoms with Crippen LogP contribution in [0.15, 0.2) is 72.8 Å². The normalized spacial score (nSPS) is 11.5. The third-order valence-corrected chi connectivity index (χ3v) is 6.49. The van der Waals surface area contributed by atoms with Crippen LogP contribution in [-0.4, -0.2) is 36.4 Å². The van der Waals surface area contributed by atoms with Crippen molar-refractivity contribution in [2.24, 2.45) is 0 Å². The van der Waals surface area contributed by atoms with Crippen molar-refractivity contribution in [3.8, 4) is 5.75 Å². The van der Waals surface area contributed by atoms with Crippen LogP contribution in [0.25, 0.3) is 0 Å². The Labute approximate surface area is 217 Å². The average molecular weight is 597 g/mol. The first kappa shape index (κ1) is 25.3. The van der Waals surface area contributed by atoms with Crippen molar-refractivity contribution in [1.29, 1.82) is 0 Å². The smallest absolute Gasteiger partial charge is 0.261 e. The van der Waals surface area contributed by atoms with Crippen LogP contribution in [0.3, 0.4) is 0 Å². The van der Waals surface area contributed by atoms with Crippen LogP contribution in [0.1, 0.15) is 11.1 Å². The number of benzene rings is 3. The Hall–Kier alpha value is -2.29. The molecular weight excluding hydrogens is 574 g/mol. The lowest BCUT2D eigenvalue weighted by Crippen LogP contribution is -2.51. The van der Waals surface area contributed by atoms with E-state index in [-0.39, 0.29) is 25.0 Å². The van der Waals surface area contributed by atoms with Crippen molar-refractivity contribution < 1.29 is 14.3 Å². The number of carbonyl (C=O) groups is 2. The van der Waals surface area contributed by atoms with Gasteiger partial charge in [0.1, 0.15) is 11.8 Å². The van der Waals surface area contributed by atoms with E-state index in [1.807, 2.05) is 42.5 Å². The predicted molar refractivity (Wildman–Crippen MR) is 140 cm³/mol. The highest BCUT2D eigenvalue weighted by Crippen LogP contribution is 2.24. The number of ether oxygens (including phenoxy) is 1. The van der Waals surface area contributed by atoms with E-state index in [2.05, 4.69) is 27.9 Å². The van der Waals surface area contributed by atoms with Crippen molar-refractivity contribution in [2.75, 3.05) is 13.7 Å². The molecule has 0 heterocycles. The fraction of sp³-hybridized carbons (Fsp3) is 0.200. The molecule has 1 unspecified atom stereocenters. The van der Waals surface area contributed by atoms with Gasteiger partial charge in [0.15, 0.2) is 6.61 Å². The summed E-state index contributed by atoms with van der Waals surface area (Å²) in [5.74, 6) is 0.00323. The maximum Gasteiger partial charge on any atom is 0.261 e. The fourth-order valence-corrected chi connectivity index (χ4v) is 3.99. The molecule has 2 amide bonds. The lowest BCUT2D eigenvalue weighted by molar-refractivity contribution is -0.142. The van der Waals surface area contributed by atoms with Crippen molar-refractivity contribution >= 4 is 57.6 Å².